The number of anilines is 1. The van der Waals surface area contributed by atoms with Crippen LogP contribution in [-0.2, 0) is 22.7 Å². The Morgan fingerprint density at radius 1 is 1.14 bits per heavy atom. The molecule has 1 N–H and O–H groups in total. The van der Waals surface area contributed by atoms with Gasteiger partial charge in [0.1, 0.15) is 24.4 Å². The normalized spacial score (nSPS) is 10.3. The molecule has 0 aliphatic heterocycles. The number of hydrogen-bond acceptors (Lipinski definition) is 5. The number of hydrogen-bond donors (Lipinski definition) is 1. The van der Waals surface area contributed by atoms with Crippen molar-refractivity contribution in [3.05, 3.63) is 82.3 Å². The highest BCUT2D eigenvalue weighted by molar-refractivity contribution is 5.84. The first-order valence-electron chi connectivity index (χ1n) is 8.66. The molecule has 0 saturated carbocycles. The summed E-state index contributed by atoms with van der Waals surface area (Å²) in [4.78, 5) is 40.1. The second kappa shape index (κ2) is 8.77. The van der Waals surface area contributed by atoms with E-state index in [9.17, 15) is 14.4 Å². The molecule has 1 aromatic heterocycles. The Morgan fingerprint density at radius 3 is 2.54 bits per heavy atom. The Hall–Kier alpha value is -3.74. The molecular weight excluding hydrogens is 358 g/mol. The van der Waals surface area contributed by atoms with Gasteiger partial charge in [0.25, 0.3) is 5.56 Å². The standard InChI is InChI=1S/C21H19N3O4/c1-15-7-9-17(10-8-15)19-22-13-18(20(26)24(19)11-12-25)23-21(27)28-14-16-5-3-2-4-6-16/h2-10,12-13H,11,14H2,1H3,(H,23,27). The Bertz CT molecular complexity index is 1030. The maximum atomic E-state index is 12.7. The van der Waals surface area contributed by atoms with E-state index in [4.69, 9.17) is 4.74 Å². The number of nitrogens with zero attached hydrogens (tertiary/aromatic N) is 2. The lowest BCUT2D eigenvalue weighted by atomic mass is 10.1. The zero-order chi connectivity index (χ0) is 19.9. The molecular formula is C21H19N3O4. The molecule has 0 saturated heterocycles. The van der Waals surface area contributed by atoms with Gasteiger partial charge in [0.15, 0.2) is 0 Å². The fraction of sp³-hybridized carbons (Fsp3) is 0.143. The number of carbonyl (C=O) groups is 2. The van der Waals surface area contributed by atoms with Crippen molar-refractivity contribution in [2.45, 2.75) is 20.1 Å². The van der Waals surface area contributed by atoms with Crippen LogP contribution in [0, 0.1) is 6.92 Å². The molecule has 28 heavy (non-hydrogen) atoms. The van der Waals surface area contributed by atoms with Gasteiger partial charge in [0.2, 0.25) is 0 Å². The van der Waals surface area contributed by atoms with Crippen LogP contribution >= 0.6 is 0 Å². The van der Waals surface area contributed by atoms with E-state index < -0.39 is 11.7 Å². The quantitative estimate of drug-likeness (QED) is 0.667. The van der Waals surface area contributed by atoms with Gasteiger partial charge in [-0.05, 0) is 12.5 Å². The van der Waals surface area contributed by atoms with Gasteiger partial charge < -0.3 is 9.53 Å². The van der Waals surface area contributed by atoms with Crippen LogP contribution in [0.5, 0.6) is 0 Å². The van der Waals surface area contributed by atoms with E-state index in [1.165, 1.54) is 10.8 Å². The third kappa shape index (κ3) is 4.50. The minimum Gasteiger partial charge on any atom is -0.444 e. The Labute approximate surface area is 161 Å². The zero-order valence-corrected chi connectivity index (χ0v) is 15.3. The Kier molecular flexibility index (Phi) is 5.96. The molecule has 3 aromatic rings. The summed E-state index contributed by atoms with van der Waals surface area (Å²) in [6.45, 7) is 1.84. The van der Waals surface area contributed by atoms with Crippen molar-refractivity contribution in [1.82, 2.24) is 9.55 Å². The molecule has 2 aromatic carbocycles. The number of rotatable bonds is 6. The summed E-state index contributed by atoms with van der Waals surface area (Å²) in [6.07, 6.45) is 1.10. The lowest BCUT2D eigenvalue weighted by Gasteiger charge is -2.12. The third-order valence-electron chi connectivity index (χ3n) is 4.06. The van der Waals surface area contributed by atoms with Crippen molar-refractivity contribution in [2.24, 2.45) is 0 Å². The van der Waals surface area contributed by atoms with Gasteiger partial charge in [-0.15, -0.1) is 0 Å². The summed E-state index contributed by atoms with van der Waals surface area (Å²) < 4.78 is 6.33. The number of aromatic nitrogens is 2. The summed E-state index contributed by atoms with van der Waals surface area (Å²) in [5, 5.41) is 2.39. The first-order chi connectivity index (χ1) is 13.6. The lowest BCUT2D eigenvalue weighted by molar-refractivity contribution is -0.108. The molecule has 0 spiro atoms. The van der Waals surface area contributed by atoms with Gasteiger partial charge in [0, 0.05) is 5.56 Å². The van der Waals surface area contributed by atoms with Crippen LogP contribution in [0.1, 0.15) is 11.1 Å². The second-order valence-electron chi connectivity index (χ2n) is 6.13. The van der Waals surface area contributed by atoms with E-state index in [1.54, 1.807) is 0 Å². The molecule has 0 fully saturated rings. The summed E-state index contributed by atoms with van der Waals surface area (Å²) in [6, 6.07) is 16.6. The van der Waals surface area contributed by atoms with E-state index in [0.29, 0.717) is 17.7 Å². The number of benzene rings is 2. The van der Waals surface area contributed by atoms with Crippen LogP contribution in [0.3, 0.4) is 0 Å². The molecule has 0 atom stereocenters. The topological polar surface area (TPSA) is 90.3 Å². The zero-order valence-electron chi connectivity index (χ0n) is 15.3. The molecule has 1 amide bonds. The van der Waals surface area contributed by atoms with Gasteiger partial charge in [-0.1, -0.05) is 60.2 Å². The molecule has 7 heteroatoms. The second-order valence-corrected chi connectivity index (χ2v) is 6.13. The van der Waals surface area contributed by atoms with Crippen LogP contribution in [0.25, 0.3) is 11.4 Å². The average Bonchev–Trinajstić information content (AvgIpc) is 2.71. The largest absolute Gasteiger partial charge is 0.444 e. The molecule has 1 heterocycles. The van der Waals surface area contributed by atoms with Crippen molar-refractivity contribution in [1.29, 1.82) is 0 Å². The number of aldehydes is 1. The molecule has 3 rings (SSSR count). The van der Waals surface area contributed by atoms with Crippen molar-refractivity contribution in [2.75, 3.05) is 5.32 Å². The lowest BCUT2D eigenvalue weighted by Crippen LogP contribution is -2.28. The van der Waals surface area contributed by atoms with Crippen molar-refractivity contribution < 1.29 is 14.3 Å². The highest BCUT2D eigenvalue weighted by Crippen LogP contribution is 2.17. The van der Waals surface area contributed by atoms with Crippen LogP contribution in [0.2, 0.25) is 0 Å². The molecule has 0 radical (unpaired) electrons. The SMILES string of the molecule is Cc1ccc(-c2ncc(NC(=O)OCc3ccccc3)c(=O)n2CC=O)cc1. The predicted octanol–water partition coefficient (Wildman–Crippen LogP) is 3.17. The number of ether oxygens (including phenoxy) is 1. The summed E-state index contributed by atoms with van der Waals surface area (Å²) in [7, 11) is 0. The highest BCUT2D eigenvalue weighted by Gasteiger charge is 2.14. The molecule has 142 valence electrons. The molecule has 7 nitrogen and oxygen atoms in total. The summed E-state index contributed by atoms with van der Waals surface area (Å²) in [5.74, 6) is 0.348. The van der Waals surface area contributed by atoms with Gasteiger partial charge in [-0.25, -0.2) is 9.78 Å². The maximum Gasteiger partial charge on any atom is 0.412 e. The number of aryl methyl sites for hydroxylation is 1. The average molecular weight is 377 g/mol. The van der Waals surface area contributed by atoms with E-state index in [1.807, 2.05) is 61.5 Å². The minimum absolute atomic E-state index is 0.0595. The molecule has 0 unspecified atom stereocenters. The van der Waals surface area contributed by atoms with E-state index in [2.05, 4.69) is 10.3 Å². The minimum atomic E-state index is -0.775. The molecule has 0 aliphatic carbocycles. The number of nitrogens with one attached hydrogen (secondary N) is 1. The summed E-state index contributed by atoms with van der Waals surface area (Å²) >= 11 is 0. The summed E-state index contributed by atoms with van der Waals surface area (Å²) in [5.41, 5.74) is 1.99. The smallest absolute Gasteiger partial charge is 0.412 e. The van der Waals surface area contributed by atoms with Crippen LogP contribution in [0.15, 0.2) is 65.6 Å². The van der Waals surface area contributed by atoms with Crippen molar-refractivity contribution >= 4 is 18.1 Å². The Morgan fingerprint density at radius 2 is 1.86 bits per heavy atom. The monoisotopic (exact) mass is 377 g/mol. The first-order valence-corrected chi connectivity index (χ1v) is 8.66. The van der Waals surface area contributed by atoms with Gasteiger partial charge in [0.05, 0.1) is 12.7 Å². The van der Waals surface area contributed by atoms with Crippen LogP contribution in [-0.4, -0.2) is 21.9 Å². The van der Waals surface area contributed by atoms with E-state index in [-0.39, 0.29) is 18.8 Å². The number of amides is 1. The van der Waals surface area contributed by atoms with Crippen LogP contribution < -0.4 is 10.9 Å². The fourth-order valence-corrected chi connectivity index (χ4v) is 2.62. The maximum absolute atomic E-state index is 12.7. The predicted molar refractivity (Wildman–Crippen MR) is 105 cm³/mol. The third-order valence-corrected chi connectivity index (χ3v) is 4.06. The molecule has 0 aliphatic rings. The van der Waals surface area contributed by atoms with Gasteiger partial charge >= 0.3 is 6.09 Å². The fourth-order valence-electron chi connectivity index (χ4n) is 2.62. The van der Waals surface area contributed by atoms with Crippen LogP contribution in [0.4, 0.5) is 10.5 Å². The molecule has 0 bridgehead atoms. The first kappa shape index (κ1) is 19.0. The van der Waals surface area contributed by atoms with E-state index >= 15 is 0 Å². The highest BCUT2D eigenvalue weighted by atomic mass is 16.5. The van der Waals surface area contributed by atoms with Gasteiger partial charge in [-0.3, -0.25) is 14.7 Å². The van der Waals surface area contributed by atoms with E-state index in [0.717, 1.165) is 11.1 Å². The van der Waals surface area contributed by atoms with Crippen molar-refractivity contribution in [3.63, 3.8) is 0 Å². The number of carbonyl (C=O) groups excluding carboxylic acids is 2. The van der Waals surface area contributed by atoms with Gasteiger partial charge in [-0.2, -0.15) is 0 Å². The van der Waals surface area contributed by atoms with Crippen molar-refractivity contribution in [3.8, 4) is 11.4 Å². The Balaban J connectivity index is 1.81.